The maximum Gasteiger partial charge on any atom is 0.0850 e. The summed E-state index contributed by atoms with van der Waals surface area (Å²) in [6, 6.07) is 7.85. The number of benzene rings is 1. The molecule has 1 aromatic carbocycles. The third-order valence-electron chi connectivity index (χ3n) is 3.76. The Morgan fingerprint density at radius 2 is 1.86 bits per heavy atom. The normalized spacial score (nSPS) is 12.6. The number of hydrogen-bond donors (Lipinski definition) is 1. The molecule has 0 spiro atoms. The van der Waals surface area contributed by atoms with Gasteiger partial charge in [0.25, 0.3) is 0 Å². The second-order valence-corrected chi connectivity index (χ2v) is 5.88. The van der Waals surface area contributed by atoms with Gasteiger partial charge in [0.15, 0.2) is 0 Å². The van der Waals surface area contributed by atoms with Crippen LogP contribution in [0.5, 0.6) is 0 Å². The van der Waals surface area contributed by atoms with Crippen molar-refractivity contribution in [3.8, 4) is 0 Å². The molecule has 0 bridgehead atoms. The summed E-state index contributed by atoms with van der Waals surface area (Å²) in [7, 11) is 0. The molecule has 0 aliphatic rings. The van der Waals surface area contributed by atoms with Crippen molar-refractivity contribution in [2.24, 2.45) is 5.73 Å². The maximum atomic E-state index is 6.48. The minimum Gasteiger partial charge on any atom is -0.330 e. The van der Waals surface area contributed by atoms with Crippen LogP contribution in [0.1, 0.15) is 36.7 Å². The third-order valence-corrected chi connectivity index (χ3v) is 4.45. The largest absolute Gasteiger partial charge is 0.330 e. The van der Waals surface area contributed by atoms with E-state index in [9.17, 15) is 0 Å². The molecule has 1 atom stereocenters. The summed E-state index contributed by atoms with van der Waals surface area (Å²) in [4.78, 5) is 0. The van der Waals surface area contributed by atoms with Gasteiger partial charge in [0.05, 0.1) is 16.4 Å². The molecular formula is C16H21Cl2N3. The average molecular weight is 326 g/mol. The van der Waals surface area contributed by atoms with E-state index in [1.54, 1.807) is 0 Å². The van der Waals surface area contributed by atoms with Crippen LogP contribution in [0.4, 0.5) is 0 Å². The van der Waals surface area contributed by atoms with E-state index in [4.69, 9.17) is 28.9 Å². The number of nitrogens with zero attached hydrogens (tertiary/aromatic N) is 2. The number of halogens is 2. The van der Waals surface area contributed by atoms with E-state index in [1.165, 1.54) is 5.56 Å². The topological polar surface area (TPSA) is 43.8 Å². The van der Waals surface area contributed by atoms with Gasteiger partial charge in [-0.05, 0) is 44.0 Å². The van der Waals surface area contributed by atoms with Gasteiger partial charge >= 0.3 is 0 Å². The van der Waals surface area contributed by atoms with Crippen LogP contribution in [0, 0.1) is 0 Å². The molecule has 2 N–H and O–H groups in total. The van der Waals surface area contributed by atoms with Crippen LogP contribution in [0.25, 0.3) is 0 Å². The lowest BCUT2D eigenvalue weighted by atomic mass is 9.94. The zero-order valence-corrected chi connectivity index (χ0v) is 14.0. The molecule has 114 valence electrons. The van der Waals surface area contributed by atoms with Crippen LogP contribution in [0.15, 0.2) is 24.3 Å². The van der Waals surface area contributed by atoms with Gasteiger partial charge in [-0.1, -0.05) is 42.3 Å². The first-order chi connectivity index (χ1) is 10.1. The fourth-order valence-corrected chi connectivity index (χ4v) is 2.99. The monoisotopic (exact) mass is 325 g/mol. The highest BCUT2D eigenvalue weighted by molar-refractivity contribution is 6.32. The molecule has 3 nitrogen and oxygen atoms in total. The highest BCUT2D eigenvalue weighted by Crippen LogP contribution is 2.28. The van der Waals surface area contributed by atoms with Crippen molar-refractivity contribution in [3.63, 3.8) is 0 Å². The Hall–Kier alpha value is -1.03. The Morgan fingerprint density at radius 1 is 1.19 bits per heavy atom. The van der Waals surface area contributed by atoms with Gasteiger partial charge in [0.2, 0.25) is 0 Å². The Kier molecular flexibility index (Phi) is 5.68. The number of nitrogens with two attached hydrogens (primary N) is 1. The zero-order chi connectivity index (χ0) is 15.4. The fraction of sp³-hybridized carbons (Fsp3) is 0.438. The van der Waals surface area contributed by atoms with Crippen molar-refractivity contribution in [1.29, 1.82) is 0 Å². The highest BCUT2D eigenvalue weighted by Gasteiger charge is 2.19. The second-order valence-electron chi connectivity index (χ2n) is 5.06. The van der Waals surface area contributed by atoms with Crippen molar-refractivity contribution in [2.75, 3.05) is 6.54 Å². The van der Waals surface area contributed by atoms with Gasteiger partial charge in [-0.25, -0.2) is 0 Å². The Labute approximate surface area is 136 Å². The molecule has 0 amide bonds. The lowest BCUT2D eigenvalue weighted by molar-refractivity contribution is 0.581. The molecule has 2 aromatic rings. The molecule has 0 fully saturated rings. The third kappa shape index (κ3) is 3.60. The lowest BCUT2D eigenvalue weighted by Gasteiger charge is -2.16. The van der Waals surface area contributed by atoms with Crippen molar-refractivity contribution < 1.29 is 0 Å². The van der Waals surface area contributed by atoms with Crippen LogP contribution in [0.2, 0.25) is 10.0 Å². The Morgan fingerprint density at radius 3 is 2.38 bits per heavy atom. The van der Waals surface area contributed by atoms with Crippen molar-refractivity contribution in [1.82, 2.24) is 9.78 Å². The SMILES string of the molecule is CCc1nn(CC)c(CC(CN)c2ccc(Cl)cc2)c1Cl. The van der Waals surface area contributed by atoms with E-state index >= 15 is 0 Å². The highest BCUT2D eigenvalue weighted by atomic mass is 35.5. The smallest absolute Gasteiger partial charge is 0.0850 e. The molecule has 1 heterocycles. The first kappa shape index (κ1) is 16.3. The predicted octanol–water partition coefficient (Wildman–Crippen LogP) is 4.06. The van der Waals surface area contributed by atoms with E-state index in [0.717, 1.165) is 40.8 Å². The first-order valence-corrected chi connectivity index (χ1v) is 8.05. The molecule has 21 heavy (non-hydrogen) atoms. The van der Waals surface area contributed by atoms with E-state index in [-0.39, 0.29) is 5.92 Å². The molecule has 0 aliphatic heterocycles. The summed E-state index contributed by atoms with van der Waals surface area (Å²) < 4.78 is 1.99. The van der Waals surface area contributed by atoms with Crippen molar-refractivity contribution in [3.05, 3.63) is 51.3 Å². The molecule has 1 unspecified atom stereocenters. The van der Waals surface area contributed by atoms with Gasteiger partial charge < -0.3 is 5.73 Å². The maximum absolute atomic E-state index is 6.48. The van der Waals surface area contributed by atoms with Crippen LogP contribution in [0.3, 0.4) is 0 Å². The summed E-state index contributed by atoms with van der Waals surface area (Å²) >= 11 is 12.4. The number of hydrogen-bond acceptors (Lipinski definition) is 2. The fourth-order valence-electron chi connectivity index (χ4n) is 2.52. The number of rotatable bonds is 6. The molecule has 1 aromatic heterocycles. The standard InChI is InChI=1S/C16H21Cl2N3/c1-3-14-16(18)15(21(4-2)20-14)9-12(10-19)11-5-7-13(17)8-6-11/h5-8,12H,3-4,9-10,19H2,1-2H3. The Bertz CT molecular complexity index is 590. The average Bonchev–Trinajstić information content (AvgIpc) is 2.81. The summed E-state index contributed by atoms with van der Waals surface area (Å²) in [6.07, 6.45) is 1.63. The van der Waals surface area contributed by atoms with E-state index in [0.29, 0.717) is 6.54 Å². The Balaban J connectivity index is 2.30. The van der Waals surface area contributed by atoms with E-state index in [2.05, 4.69) is 18.9 Å². The van der Waals surface area contributed by atoms with E-state index < -0.39 is 0 Å². The molecule has 0 saturated carbocycles. The van der Waals surface area contributed by atoms with Crippen LogP contribution >= 0.6 is 23.2 Å². The van der Waals surface area contributed by atoms with Crippen LogP contribution in [-0.4, -0.2) is 16.3 Å². The summed E-state index contributed by atoms with van der Waals surface area (Å²) in [5.41, 5.74) is 9.18. The second kappa shape index (κ2) is 7.30. The van der Waals surface area contributed by atoms with Crippen molar-refractivity contribution >= 4 is 23.2 Å². The van der Waals surface area contributed by atoms with Gasteiger partial charge in [0, 0.05) is 17.5 Å². The van der Waals surface area contributed by atoms with Gasteiger partial charge in [-0.3, -0.25) is 4.68 Å². The zero-order valence-electron chi connectivity index (χ0n) is 12.4. The predicted molar refractivity (Wildman–Crippen MR) is 89.2 cm³/mol. The molecule has 5 heteroatoms. The summed E-state index contributed by atoms with van der Waals surface area (Å²) in [5, 5.41) is 6.08. The van der Waals surface area contributed by atoms with E-state index in [1.807, 2.05) is 28.9 Å². The van der Waals surface area contributed by atoms with Crippen LogP contribution < -0.4 is 5.73 Å². The van der Waals surface area contributed by atoms with Gasteiger partial charge in [-0.15, -0.1) is 0 Å². The minimum atomic E-state index is 0.214. The number of aromatic nitrogens is 2. The summed E-state index contributed by atoms with van der Waals surface area (Å²) in [5.74, 6) is 0.214. The van der Waals surface area contributed by atoms with Gasteiger partial charge in [0.1, 0.15) is 0 Å². The number of aryl methyl sites for hydroxylation is 2. The van der Waals surface area contributed by atoms with Crippen molar-refractivity contribution in [2.45, 2.75) is 39.2 Å². The molecule has 0 aliphatic carbocycles. The summed E-state index contributed by atoms with van der Waals surface area (Å²) in [6.45, 7) is 5.52. The molecule has 2 rings (SSSR count). The quantitative estimate of drug-likeness (QED) is 0.870. The molecular weight excluding hydrogens is 305 g/mol. The van der Waals surface area contributed by atoms with Gasteiger partial charge in [-0.2, -0.15) is 5.10 Å². The molecule has 0 saturated heterocycles. The minimum absolute atomic E-state index is 0.214. The van der Waals surface area contributed by atoms with Crippen LogP contribution in [-0.2, 0) is 19.4 Å². The first-order valence-electron chi connectivity index (χ1n) is 7.30. The molecule has 0 radical (unpaired) electrons. The lowest BCUT2D eigenvalue weighted by Crippen LogP contribution is -2.17.